The van der Waals surface area contributed by atoms with E-state index in [0.717, 1.165) is 24.1 Å². The minimum Gasteiger partial charge on any atom is -0.451 e. The maximum absolute atomic E-state index is 11.9. The van der Waals surface area contributed by atoms with E-state index >= 15 is 0 Å². The molecule has 1 N–H and O–H groups in total. The highest BCUT2D eigenvalue weighted by atomic mass is 16.6. The summed E-state index contributed by atoms with van der Waals surface area (Å²) in [6.45, 7) is 1.94. The van der Waals surface area contributed by atoms with Crippen LogP contribution in [0.5, 0.6) is 0 Å². The molecule has 0 saturated heterocycles. The van der Waals surface area contributed by atoms with Gasteiger partial charge in [-0.1, -0.05) is 18.5 Å². The highest BCUT2D eigenvalue weighted by Gasteiger charge is 2.15. The summed E-state index contributed by atoms with van der Waals surface area (Å²) in [5.41, 5.74) is 1.86. The summed E-state index contributed by atoms with van der Waals surface area (Å²) >= 11 is 0. The zero-order valence-electron chi connectivity index (χ0n) is 12.5. The van der Waals surface area contributed by atoms with E-state index in [4.69, 9.17) is 9.26 Å². The fraction of sp³-hybridized carbons (Fsp3) is 0.267. The molecule has 0 radical (unpaired) electrons. The van der Waals surface area contributed by atoms with Crippen molar-refractivity contribution in [2.75, 3.05) is 0 Å². The normalized spacial score (nSPS) is 10.7. The van der Waals surface area contributed by atoms with Crippen molar-refractivity contribution in [1.82, 2.24) is 25.3 Å². The van der Waals surface area contributed by atoms with Crippen molar-refractivity contribution in [2.24, 2.45) is 0 Å². The van der Waals surface area contributed by atoms with Gasteiger partial charge < -0.3 is 9.26 Å². The second-order valence-electron chi connectivity index (χ2n) is 4.86. The molecule has 118 valence electrons. The smallest absolute Gasteiger partial charge is 0.359 e. The lowest BCUT2D eigenvalue weighted by Crippen LogP contribution is -2.05. The van der Waals surface area contributed by atoms with E-state index in [0.29, 0.717) is 5.82 Å². The van der Waals surface area contributed by atoms with E-state index < -0.39 is 5.97 Å². The number of H-pyrrole nitrogens is 1. The fourth-order valence-corrected chi connectivity index (χ4v) is 1.99. The first kappa shape index (κ1) is 14.9. The Morgan fingerprint density at radius 1 is 1.43 bits per heavy atom. The number of nitrogens with zero attached hydrogens (tertiary/aromatic N) is 4. The van der Waals surface area contributed by atoms with E-state index in [9.17, 15) is 4.79 Å². The summed E-state index contributed by atoms with van der Waals surface area (Å²) in [6.07, 6.45) is 5.08. The Morgan fingerprint density at radius 3 is 3.13 bits per heavy atom. The zero-order chi connectivity index (χ0) is 16.1. The van der Waals surface area contributed by atoms with Gasteiger partial charge in [-0.05, 0) is 24.6 Å². The molecule has 0 bridgehead atoms. The monoisotopic (exact) mass is 313 g/mol. The molecule has 0 saturated carbocycles. The molecule has 3 heterocycles. The van der Waals surface area contributed by atoms with Crippen molar-refractivity contribution in [1.29, 1.82) is 0 Å². The summed E-state index contributed by atoms with van der Waals surface area (Å²) in [7, 11) is 0. The molecular weight excluding hydrogens is 298 g/mol. The lowest BCUT2D eigenvalue weighted by atomic mass is 10.2. The average molecular weight is 313 g/mol. The maximum Gasteiger partial charge on any atom is 0.359 e. The van der Waals surface area contributed by atoms with Gasteiger partial charge in [-0.3, -0.25) is 10.1 Å². The van der Waals surface area contributed by atoms with Gasteiger partial charge in [0.15, 0.2) is 12.3 Å². The second kappa shape index (κ2) is 6.82. The summed E-state index contributed by atoms with van der Waals surface area (Å²) in [5, 5.41) is 10.6. The van der Waals surface area contributed by atoms with Crippen LogP contribution in [0.25, 0.3) is 11.4 Å². The molecule has 0 unspecified atom stereocenters. The molecule has 3 aromatic rings. The van der Waals surface area contributed by atoms with Gasteiger partial charge in [0.1, 0.15) is 0 Å². The highest BCUT2D eigenvalue weighted by molar-refractivity contribution is 5.87. The van der Waals surface area contributed by atoms with Crippen molar-refractivity contribution in [3.8, 4) is 11.4 Å². The fourth-order valence-electron chi connectivity index (χ4n) is 1.99. The van der Waals surface area contributed by atoms with Crippen LogP contribution < -0.4 is 0 Å². The predicted octanol–water partition coefficient (Wildman–Crippen LogP) is 2.16. The topological polar surface area (TPSA) is 107 Å². The van der Waals surface area contributed by atoms with Crippen LogP contribution >= 0.6 is 0 Å². The number of hydrogen-bond acceptors (Lipinski definition) is 7. The first-order chi connectivity index (χ1) is 11.3. The number of nitrogens with one attached hydrogen (secondary N) is 1. The Kier molecular flexibility index (Phi) is 4.41. The first-order valence-electron chi connectivity index (χ1n) is 7.20. The van der Waals surface area contributed by atoms with Gasteiger partial charge in [0, 0.05) is 23.7 Å². The second-order valence-corrected chi connectivity index (χ2v) is 4.86. The van der Waals surface area contributed by atoms with Gasteiger partial charge in [0.2, 0.25) is 5.82 Å². The zero-order valence-corrected chi connectivity index (χ0v) is 12.5. The van der Waals surface area contributed by atoms with Crippen molar-refractivity contribution in [3.63, 3.8) is 0 Å². The third kappa shape index (κ3) is 3.60. The van der Waals surface area contributed by atoms with Gasteiger partial charge in [-0.2, -0.15) is 10.1 Å². The Balaban J connectivity index is 1.60. The lowest BCUT2D eigenvalue weighted by Gasteiger charge is -1.97. The molecule has 0 aliphatic carbocycles. The van der Waals surface area contributed by atoms with Crippen LogP contribution in [0.15, 0.2) is 35.1 Å². The molecule has 0 fully saturated rings. The van der Waals surface area contributed by atoms with Gasteiger partial charge in [0.25, 0.3) is 5.89 Å². The number of aromatic amines is 1. The minimum atomic E-state index is -0.537. The lowest BCUT2D eigenvalue weighted by molar-refractivity contribution is 0.0423. The largest absolute Gasteiger partial charge is 0.451 e. The molecule has 0 spiro atoms. The average Bonchev–Trinajstić information content (AvgIpc) is 3.23. The van der Waals surface area contributed by atoms with Crippen LogP contribution in [-0.2, 0) is 17.8 Å². The van der Waals surface area contributed by atoms with Gasteiger partial charge in [-0.15, -0.1) is 0 Å². The van der Waals surface area contributed by atoms with Crippen molar-refractivity contribution in [2.45, 2.75) is 26.4 Å². The molecule has 0 aromatic carbocycles. The molecule has 0 aliphatic heterocycles. The molecule has 0 aliphatic rings. The number of ether oxygens (including phenoxy) is 1. The van der Waals surface area contributed by atoms with Gasteiger partial charge in [-0.25, -0.2) is 4.79 Å². The summed E-state index contributed by atoms with van der Waals surface area (Å²) in [6, 6.07) is 5.27. The molecule has 23 heavy (non-hydrogen) atoms. The number of aryl methyl sites for hydroxylation is 1. The molecule has 8 nitrogen and oxygen atoms in total. The van der Waals surface area contributed by atoms with Crippen LogP contribution in [0.3, 0.4) is 0 Å². The number of carbonyl (C=O) groups excluding carboxylic acids is 1. The Morgan fingerprint density at radius 2 is 2.35 bits per heavy atom. The van der Waals surface area contributed by atoms with Crippen LogP contribution in [-0.4, -0.2) is 31.3 Å². The predicted molar refractivity (Wildman–Crippen MR) is 79.2 cm³/mol. The van der Waals surface area contributed by atoms with E-state index in [1.807, 2.05) is 13.0 Å². The molecule has 8 heteroatoms. The van der Waals surface area contributed by atoms with E-state index in [2.05, 4.69) is 25.3 Å². The molecule has 0 atom stereocenters. The number of hydrogen-bond donors (Lipinski definition) is 1. The Labute approximate surface area is 131 Å². The van der Waals surface area contributed by atoms with E-state index in [-0.39, 0.29) is 18.2 Å². The number of carbonyl (C=O) groups is 1. The van der Waals surface area contributed by atoms with E-state index in [1.54, 1.807) is 24.5 Å². The van der Waals surface area contributed by atoms with Gasteiger partial charge >= 0.3 is 5.97 Å². The van der Waals surface area contributed by atoms with Crippen molar-refractivity contribution < 1.29 is 14.1 Å². The molecule has 3 rings (SSSR count). The van der Waals surface area contributed by atoms with E-state index in [1.165, 1.54) is 0 Å². The number of esters is 1. The molecule has 0 amide bonds. The third-order valence-electron chi connectivity index (χ3n) is 3.07. The SMILES string of the molecule is CCCc1cc(C(=O)OCc2nc(-c3cccnc3)no2)n[nH]1. The highest BCUT2D eigenvalue weighted by Crippen LogP contribution is 2.14. The summed E-state index contributed by atoms with van der Waals surface area (Å²) < 4.78 is 10.2. The number of rotatable bonds is 6. The van der Waals surface area contributed by atoms with Crippen LogP contribution in [0, 0.1) is 0 Å². The maximum atomic E-state index is 11.9. The number of aromatic nitrogens is 5. The minimum absolute atomic E-state index is 0.109. The quantitative estimate of drug-likeness (QED) is 0.695. The van der Waals surface area contributed by atoms with Crippen molar-refractivity contribution in [3.05, 3.63) is 47.9 Å². The standard InChI is InChI=1S/C15H15N5O3/c1-2-4-11-7-12(19-18-11)15(21)22-9-13-17-14(20-23-13)10-5-3-6-16-8-10/h3,5-8H,2,4,9H2,1H3,(H,18,19). The molecular formula is C15H15N5O3. The molecule has 3 aromatic heterocycles. The Bertz CT molecular complexity index is 781. The van der Waals surface area contributed by atoms with Crippen LogP contribution in [0.1, 0.15) is 35.4 Å². The number of pyridine rings is 1. The van der Waals surface area contributed by atoms with Gasteiger partial charge in [0.05, 0.1) is 0 Å². The summed E-state index contributed by atoms with van der Waals surface area (Å²) in [4.78, 5) is 20.0. The Hall–Kier alpha value is -3.03. The van der Waals surface area contributed by atoms with Crippen LogP contribution in [0.2, 0.25) is 0 Å². The van der Waals surface area contributed by atoms with Crippen molar-refractivity contribution >= 4 is 5.97 Å². The first-order valence-corrected chi connectivity index (χ1v) is 7.20. The van der Waals surface area contributed by atoms with Crippen LogP contribution in [0.4, 0.5) is 0 Å². The summed E-state index contributed by atoms with van der Waals surface area (Å²) in [5.74, 6) is 0.0698. The third-order valence-corrected chi connectivity index (χ3v) is 3.07.